The Morgan fingerprint density at radius 3 is 2.88 bits per heavy atom. The first kappa shape index (κ1) is 28.4. The number of H-pyrrole nitrogens is 1. The first-order valence-electron chi connectivity index (χ1n) is 13.8. The molecule has 6 rings (SSSR count). The molecule has 2 saturated heterocycles. The van der Waals surface area contributed by atoms with Gasteiger partial charge >= 0.3 is 0 Å². The van der Waals surface area contributed by atoms with Crippen LogP contribution in [0, 0.1) is 24.0 Å². The number of nitrogens with zero attached hydrogens (tertiary/aromatic N) is 2. The molecule has 0 aliphatic carbocycles. The highest BCUT2D eigenvalue weighted by Crippen LogP contribution is 2.41. The first-order chi connectivity index (χ1) is 20.5. The van der Waals surface area contributed by atoms with Crippen LogP contribution in [0.3, 0.4) is 0 Å². The highest BCUT2D eigenvalue weighted by Gasteiger charge is 2.49. The van der Waals surface area contributed by atoms with Crippen LogP contribution in [0.15, 0.2) is 35.1 Å². The van der Waals surface area contributed by atoms with Gasteiger partial charge in [-0.3, -0.25) is 14.5 Å². The number of phenolic OH excluding ortho intramolecular Hbond substituents is 1. The van der Waals surface area contributed by atoms with Crippen LogP contribution in [0.4, 0.5) is 18.9 Å². The van der Waals surface area contributed by atoms with Crippen molar-refractivity contribution >= 4 is 33.3 Å². The minimum atomic E-state index is -1.01. The van der Waals surface area contributed by atoms with E-state index in [0.29, 0.717) is 18.4 Å². The number of carbonyl (C=O) groups excluding carboxylic acids is 1. The molecule has 0 bridgehead atoms. The number of nitrogens with two attached hydrogens (primary N) is 1. The fourth-order valence-electron chi connectivity index (χ4n) is 6.36. The number of halogens is 3. The third-order valence-corrected chi connectivity index (χ3v) is 8.40. The Morgan fingerprint density at radius 2 is 2.14 bits per heavy atom. The molecule has 0 unspecified atom stereocenters. The molecule has 12 heteroatoms. The van der Waals surface area contributed by atoms with Gasteiger partial charge in [0, 0.05) is 30.0 Å². The second-order valence-electron chi connectivity index (χ2n) is 11.2. The number of fused-ring (bicyclic) bond motifs is 3. The summed E-state index contributed by atoms with van der Waals surface area (Å²) in [5.74, 6) is -0.562. The first-order valence-corrected chi connectivity index (χ1v) is 13.8. The zero-order valence-corrected chi connectivity index (χ0v) is 23.1. The predicted molar refractivity (Wildman–Crippen MR) is 156 cm³/mol. The lowest BCUT2D eigenvalue weighted by Crippen LogP contribution is -2.43. The molecule has 4 aromatic rings. The van der Waals surface area contributed by atoms with Crippen LogP contribution in [-0.2, 0) is 4.79 Å². The maximum atomic E-state index is 16.5. The van der Waals surface area contributed by atoms with Crippen LogP contribution in [0.25, 0.3) is 32.9 Å². The number of primary amides is 1. The van der Waals surface area contributed by atoms with E-state index in [9.17, 15) is 23.5 Å². The van der Waals surface area contributed by atoms with Crippen molar-refractivity contribution in [1.29, 1.82) is 0 Å². The average Bonchev–Trinajstić information content (AvgIpc) is 3.49. The van der Waals surface area contributed by atoms with E-state index < -0.39 is 52.1 Å². The average molecular weight is 592 g/mol. The van der Waals surface area contributed by atoms with Gasteiger partial charge in [-0.1, -0.05) is 12.0 Å². The Bertz CT molecular complexity index is 1910. The smallest absolute Gasteiger partial charge is 0.260 e. The lowest BCUT2D eigenvalue weighted by Gasteiger charge is -2.31. The van der Waals surface area contributed by atoms with Crippen molar-refractivity contribution in [2.45, 2.75) is 43.9 Å². The molecule has 3 atom stereocenters. The standard InChI is InChI=1S/C31H28F3N5O4/c1-3-19-21(33)6-5-16-9-18(40)10-20(24(16)19)27-26(34)28-25(30(42)38-27)22(36-15(2)29(35)41)11-23(37-28)43-14-31-7-4-8-39(31)13-17(32)12-31/h1,5-6,9-11,15,17,40H,4,7-8,12-14H2,2H3,(H2,35,41)(H,36,37)(H,38,42)/t15-,17-,31+/m1/s1. The molecule has 9 nitrogen and oxygen atoms in total. The number of rotatable bonds is 7. The maximum Gasteiger partial charge on any atom is 0.260 e. The van der Waals surface area contributed by atoms with Gasteiger partial charge in [0.15, 0.2) is 5.82 Å². The fraction of sp³-hybridized carbons (Fsp3) is 0.323. The molecule has 43 heavy (non-hydrogen) atoms. The molecule has 2 aliphatic heterocycles. The number of nitrogens with one attached hydrogen (secondary N) is 2. The van der Waals surface area contributed by atoms with E-state index in [-0.39, 0.29) is 45.8 Å². The highest BCUT2D eigenvalue weighted by atomic mass is 19.1. The van der Waals surface area contributed by atoms with Crippen molar-refractivity contribution in [2.75, 3.05) is 25.0 Å². The third-order valence-electron chi connectivity index (χ3n) is 8.40. The number of aromatic hydroxyl groups is 1. The Labute approximate surface area is 243 Å². The number of hydrogen-bond donors (Lipinski definition) is 4. The predicted octanol–water partition coefficient (Wildman–Crippen LogP) is 3.95. The van der Waals surface area contributed by atoms with Crippen molar-refractivity contribution in [3.05, 3.63) is 57.9 Å². The summed E-state index contributed by atoms with van der Waals surface area (Å²) in [5.41, 5.74) is 3.09. The number of carbonyl (C=O) groups is 1. The number of terminal acetylenes is 1. The molecule has 1 amide bonds. The highest BCUT2D eigenvalue weighted by molar-refractivity contribution is 6.03. The largest absolute Gasteiger partial charge is 0.508 e. The summed E-state index contributed by atoms with van der Waals surface area (Å²) in [7, 11) is 0. The molecule has 2 aromatic carbocycles. The summed E-state index contributed by atoms with van der Waals surface area (Å²) in [4.78, 5) is 34.2. The van der Waals surface area contributed by atoms with Crippen LogP contribution in [0.1, 0.15) is 31.7 Å². The van der Waals surface area contributed by atoms with Gasteiger partial charge in [-0.2, -0.15) is 0 Å². The molecular formula is C31H28F3N5O4. The monoisotopic (exact) mass is 591 g/mol. The van der Waals surface area contributed by atoms with E-state index in [4.69, 9.17) is 16.9 Å². The molecular weight excluding hydrogens is 563 g/mol. The zero-order valence-electron chi connectivity index (χ0n) is 23.1. The lowest BCUT2D eigenvalue weighted by atomic mass is 9.95. The summed E-state index contributed by atoms with van der Waals surface area (Å²) in [6.45, 7) is 2.60. The van der Waals surface area contributed by atoms with Gasteiger partial charge in [0.1, 0.15) is 35.9 Å². The van der Waals surface area contributed by atoms with Crippen molar-refractivity contribution in [3.63, 3.8) is 0 Å². The number of aromatic nitrogens is 2. The number of ether oxygens (including phenoxy) is 1. The topological polar surface area (TPSA) is 134 Å². The van der Waals surface area contributed by atoms with Gasteiger partial charge in [0.05, 0.1) is 27.9 Å². The third kappa shape index (κ3) is 4.79. The molecule has 0 saturated carbocycles. The number of aromatic amines is 1. The van der Waals surface area contributed by atoms with Crippen molar-refractivity contribution in [1.82, 2.24) is 14.9 Å². The van der Waals surface area contributed by atoms with E-state index in [1.807, 2.05) is 4.90 Å². The van der Waals surface area contributed by atoms with Crippen LogP contribution < -0.4 is 21.3 Å². The number of hydrogen-bond acceptors (Lipinski definition) is 7. The van der Waals surface area contributed by atoms with Gasteiger partial charge < -0.3 is 25.9 Å². The molecule has 222 valence electrons. The van der Waals surface area contributed by atoms with Gasteiger partial charge in [-0.25, -0.2) is 18.2 Å². The second kappa shape index (κ2) is 10.5. The molecule has 2 fully saturated rings. The Kier molecular flexibility index (Phi) is 6.93. The Morgan fingerprint density at radius 1 is 1.35 bits per heavy atom. The van der Waals surface area contributed by atoms with Crippen LogP contribution in [0.2, 0.25) is 0 Å². The minimum absolute atomic E-state index is 0.0321. The summed E-state index contributed by atoms with van der Waals surface area (Å²) in [6.07, 6.45) is 6.49. The van der Waals surface area contributed by atoms with Gasteiger partial charge in [0.25, 0.3) is 5.56 Å². The van der Waals surface area contributed by atoms with Gasteiger partial charge in [-0.05, 0) is 49.9 Å². The number of amides is 1. The Hall–Kier alpha value is -4.76. The molecule has 4 heterocycles. The number of anilines is 1. The molecule has 2 aliphatic rings. The SMILES string of the molecule is C#Cc1c(F)ccc2cc(O)cc(-c3[nH]c(=O)c4c(N[C@H](C)C(N)=O)cc(OC[C@@]56CCCN5C[C@H](F)C6)nc4c3F)c12. The summed E-state index contributed by atoms with van der Waals surface area (Å²) >= 11 is 0. The lowest BCUT2D eigenvalue weighted by molar-refractivity contribution is -0.118. The van der Waals surface area contributed by atoms with E-state index in [0.717, 1.165) is 25.5 Å². The van der Waals surface area contributed by atoms with Crippen LogP contribution >= 0.6 is 0 Å². The van der Waals surface area contributed by atoms with E-state index in [1.54, 1.807) is 0 Å². The van der Waals surface area contributed by atoms with E-state index in [2.05, 4.69) is 21.2 Å². The fourth-order valence-corrected chi connectivity index (χ4v) is 6.36. The number of benzene rings is 2. The maximum absolute atomic E-state index is 16.5. The normalized spacial score (nSPS) is 20.7. The molecule has 0 radical (unpaired) electrons. The van der Waals surface area contributed by atoms with E-state index in [1.165, 1.54) is 31.2 Å². The van der Waals surface area contributed by atoms with Crippen molar-refractivity contribution < 1.29 is 27.8 Å². The number of phenols is 1. The molecule has 5 N–H and O–H groups in total. The molecule has 0 spiro atoms. The van der Waals surface area contributed by atoms with Crippen molar-refractivity contribution in [2.24, 2.45) is 5.73 Å². The quantitative estimate of drug-likeness (QED) is 0.239. The summed E-state index contributed by atoms with van der Waals surface area (Å²) < 4.78 is 51.6. The number of pyridine rings is 2. The zero-order chi connectivity index (χ0) is 30.6. The minimum Gasteiger partial charge on any atom is -0.508 e. The number of alkyl halides is 1. The van der Waals surface area contributed by atoms with Gasteiger partial charge in [-0.15, -0.1) is 6.42 Å². The van der Waals surface area contributed by atoms with Crippen LogP contribution in [0.5, 0.6) is 11.6 Å². The van der Waals surface area contributed by atoms with Crippen molar-refractivity contribution in [3.8, 4) is 35.2 Å². The van der Waals surface area contributed by atoms with E-state index >= 15 is 4.39 Å². The second-order valence-corrected chi connectivity index (χ2v) is 11.2. The summed E-state index contributed by atoms with van der Waals surface area (Å²) in [6, 6.07) is 5.42. The molecule has 2 aromatic heterocycles. The van der Waals surface area contributed by atoms with Gasteiger partial charge in [0.2, 0.25) is 11.8 Å². The Balaban J connectivity index is 1.54. The van der Waals surface area contributed by atoms with Crippen LogP contribution in [-0.4, -0.2) is 63.3 Å². The summed E-state index contributed by atoms with van der Waals surface area (Å²) in [5, 5.41) is 13.4.